The molecule has 22 heavy (non-hydrogen) atoms. The minimum absolute atomic E-state index is 0.209. The molecule has 0 saturated carbocycles. The molecule has 2 aromatic rings. The smallest absolute Gasteiger partial charge is 0.372 e. The minimum Gasteiger partial charge on any atom is -0.372 e. The molecule has 1 aliphatic heterocycles. The zero-order valence-electron chi connectivity index (χ0n) is 11.4. The third kappa shape index (κ3) is 2.96. The topological polar surface area (TPSA) is 56.2 Å². The van der Waals surface area contributed by atoms with Gasteiger partial charge in [-0.15, -0.1) is 0 Å². The van der Waals surface area contributed by atoms with E-state index >= 15 is 0 Å². The van der Waals surface area contributed by atoms with E-state index in [1.807, 2.05) is 4.57 Å². The number of halogens is 3. The molecule has 0 fully saturated rings. The molecule has 2 heterocycles. The predicted molar refractivity (Wildman–Crippen MR) is 71.3 cm³/mol. The van der Waals surface area contributed by atoms with Crippen molar-refractivity contribution in [3.8, 4) is 0 Å². The van der Waals surface area contributed by atoms with E-state index < -0.39 is 17.6 Å². The molecule has 5 nitrogen and oxygen atoms in total. The maximum atomic E-state index is 12.5. The van der Waals surface area contributed by atoms with Gasteiger partial charge in [-0.2, -0.15) is 13.2 Å². The number of ether oxygens (including phenoxy) is 1. The summed E-state index contributed by atoms with van der Waals surface area (Å²) in [6.07, 6.45) is -2.79. The van der Waals surface area contributed by atoms with E-state index in [4.69, 9.17) is 4.74 Å². The summed E-state index contributed by atoms with van der Waals surface area (Å²) in [5, 5.41) is 2.52. The summed E-state index contributed by atoms with van der Waals surface area (Å²) in [7, 11) is 0. The fraction of sp³-hybridized carbons (Fsp3) is 0.286. The molecular weight excluding hydrogens is 299 g/mol. The van der Waals surface area contributed by atoms with E-state index in [1.165, 1.54) is 12.1 Å². The summed E-state index contributed by atoms with van der Waals surface area (Å²) in [5.74, 6) is 0.186. The van der Waals surface area contributed by atoms with Gasteiger partial charge in [-0.05, 0) is 24.3 Å². The average molecular weight is 311 g/mol. The fourth-order valence-corrected chi connectivity index (χ4v) is 2.14. The molecular formula is C14H12F3N3O2. The molecule has 3 rings (SSSR count). The molecule has 0 aliphatic carbocycles. The number of anilines is 1. The van der Waals surface area contributed by atoms with Crippen LogP contribution in [0.2, 0.25) is 0 Å². The van der Waals surface area contributed by atoms with E-state index in [-0.39, 0.29) is 11.4 Å². The van der Waals surface area contributed by atoms with Crippen LogP contribution < -0.4 is 5.32 Å². The van der Waals surface area contributed by atoms with E-state index in [1.54, 1.807) is 6.20 Å². The summed E-state index contributed by atoms with van der Waals surface area (Å²) in [4.78, 5) is 16.2. The van der Waals surface area contributed by atoms with Crippen molar-refractivity contribution >= 4 is 11.6 Å². The second kappa shape index (κ2) is 5.45. The maximum Gasteiger partial charge on any atom is 0.416 e. The summed E-state index contributed by atoms with van der Waals surface area (Å²) in [5.41, 5.74) is -0.277. The standard InChI is InChI=1S/C14H12F3N3O2/c15-14(16,17)9-1-3-10(4-2-9)18-13(21)11-7-20-5-6-22-8-12(20)19-11/h1-4,7H,5-6,8H2,(H,18,21). The van der Waals surface area contributed by atoms with Gasteiger partial charge in [0.1, 0.15) is 18.1 Å². The lowest BCUT2D eigenvalue weighted by atomic mass is 10.2. The molecule has 1 aromatic heterocycles. The first-order valence-corrected chi connectivity index (χ1v) is 6.56. The van der Waals surface area contributed by atoms with Crippen LogP contribution in [0.5, 0.6) is 0 Å². The van der Waals surface area contributed by atoms with Crippen molar-refractivity contribution in [2.75, 3.05) is 11.9 Å². The maximum absolute atomic E-state index is 12.5. The largest absolute Gasteiger partial charge is 0.416 e. The first-order valence-electron chi connectivity index (χ1n) is 6.56. The molecule has 1 N–H and O–H groups in total. The van der Waals surface area contributed by atoms with Gasteiger partial charge >= 0.3 is 6.18 Å². The molecule has 8 heteroatoms. The number of alkyl halides is 3. The first kappa shape index (κ1) is 14.6. The summed E-state index contributed by atoms with van der Waals surface area (Å²) in [6, 6.07) is 4.25. The van der Waals surface area contributed by atoms with Crippen molar-refractivity contribution in [3.05, 3.63) is 47.5 Å². The van der Waals surface area contributed by atoms with E-state index in [9.17, 15) is 18.0 Å². The molecule has 1 aromatic carbocycles. The van der Waals surface area contributed by atoms with Crippen LogP contribution in [-0.4, -0.2) is 22.1 Å². The zero-order valence-corrected chi connectivity index (χ0v) is 11.4. The quantitative estimate of drug-likeness (QED) is 0.928. The number of rotatable bonds is 2. The zero-order chi connectivity index (χ0) is 15.7. The molecule has 1 amide bonds. The van der Waals surface area contributed by atoms with Crippen molar-refractivity contribution < 1.29 is 22.7 Å². The molecule has 0 atom stereocenters. The Morgan fingerprint density at radius 1 is 1.27 bits per heavy atom. The fourth-order valence-electron chi connectivity index (χ4n) is 2.14. The molecule has 0 radical (unpaired) electrons. The lowest BCUT2D eigenvalue weighted by Crippen LogP contribution is -2.15. The van der Waals surface area contributed by atoms with Crippen LogP contribution in [0.25, 0.3) is 0 Å². The molecule has 0 saturated heterocycles. The Balaban J connectivity index is 1.72. The molecule has 0 unspecified atom stereocenters. The van der Waals surface area contributed by atoms with Crippen LogP contribution in [0.4, 0.5) is 18.9 Å². The van der Waals surface area contributed by atoms with Gasteiger partial charge in [-0.1, -0.05) is 0 Å². The van der Waals surface area contributed by atoms with Crippen molar-refractivity contribution in [3.63, 3.8) is 0 Å². The Bertz CT molecular complexity index is 669. The third-order valence-corrected chi connectivity index (χ3v) is 3.27. The van der Waals surface area contributed by atoms with Crippen LogP contribution in [0.15, 0.2) is 30.5 Å². The highest BCUT2D eigenvalue weighted by molar-refractivity contribution is 6.02. The highest BCUT2D eigenvalue weighted by Gasteiger charge is 2.30. The van der Waals surface area contributed by atoms with Gasteiger partial charge in [0.05, 0.1) is 12.2 Å². The van der Waals surface area contributed by atoms with Crippen molar-refractivity contribution in [1.82, 2.24) is 9.55 Å². The number of carbonyl (C=O) groups is 1. The van der Waals surface area contributed by atoms with Crippen LogP contribution >= 0.6 is 0 Å². The lowest BCUT2D eigenvalue weighted by molar-refractivity contribution is -0.137. The predicted octanol–water partition coefficient (Wildman–Crippen LogP) is 2.68. The SMILES string of the molecule is O=C(Nc1ccc(C(F)(F)F)cc1)c1cn2c(n1)COCC2. The second-order valence-electron chi connectivity index (χ2n) is 4.82. The summed E-state index contributed by atoms with van der Waals surface area (Å²) in [6.45, 7) is 1.52. The number of hydrogen-bond donors (Lipinski definition) is 1. The highest BCUT2D eigenvalue weighted by atomic mass is 19.4. The highest BCUT2D eigenvalue weighted by Crippen LogP contribution is 2.29. The Labute approximate surface area is 123 Å². The van der Waals surface area contributed by atoms with Crippen LogP contribution in [0, 0.1) is 0 Å². The number of amides is 1. The Hall–Kier alpha value is -2.35. The number of nitrogens with zero attached hydrogens (tertiary/aromatic N) is 2. The molecule has 0 spiro atoms. The van der Waals surface area contributed by atoms with Crippen molar-refractivity contribution in [1.29, 1.82) is 0 Å². The number of carbonyl (C=O) groups excluding carboxylic acids is 1. The Kier molecular flexibility index (Phi) is 3.61. The lowest BCUT2D eigenvalue weighted by Gasteiger charge is -2.13. The Morgan fingerprint density at radius 3 is 2.64 bits per heavy atom. The van der Waals surface area contributed by atoms with Gasteiger partial charge in [0.2, 0.25) is 0 Å². The monoisotopic (exact) mass is 311 g/mol. The van der Waals surface area contributed by atoms with Gasteiger partial charge in [0.15, 0.2) is 0 Å². The molecule has 116 valence electrons. The number of hydrogen-bond acceptors (Lipinski definition) is 3. The summed E-state index contributed by atoms with van der Waals surface area (Å²) < 4.78 is 44.5. The third-order valence-electron chi connectivity index (χ3n) is 3.27. The average Bonchev–Trinajstić information content (AvgIpc) is 2.91. The van der Waals surface area contributed by atoms with Gasteiger partial charge in [0, 0.05) is 18.4 Å². The van der Waals surface area contributed by atoms with Crippen LogP contribution in [-0.2, 0) is 24.1 Å². The normalized spacial score (nSPS) is 14.5. The van der Waals surface area contributed by atoms with E-state index in [2.05, 4.69) is 10.3 Å². The van der Waals surface area contributed by atoms with E-state index in [0.29, 0.717) is 25.6 Å². The van der Waals surface area contributed by atoms with Gasteiger partial charge < -0.3 is 14.6 Å². The Morgan fingerprint density at radius 2 is 2.00 bits per heavy atom. The number of imidazole rings is 1. The second-order valence-corrected chi connectivity index (χ2v) is 4.82. The minimum atomic E-state index is -4.40. The number of nitrogens with one attached hydrogen (secondary N) is 1. The van der Waals surface area contributed by atoms with Crippen molar-refractivity contribution in [2.24, 2.45) is 0 Å². The van der Waals surface area contributed by atoms with Gasteiger partial charge in [0.25, 0.3) is 5.91 Å². The number of fused-ring (bicyclic) bond motifs is 1. The van der Waals surface area contributed by atoms with E-state index in [0.717, 1.165) is 12.1 Å². The number of benzene rings is 1. The molecule has 0 bridgehead atoms. The first-order chi connectivity index (χ1) is 10.4. The van der Waals surface area contributed by atoms with Crippen molar-refractivity contribution in [2.45, 2.75) is 19.3 Å². The van der Waals surface area contributed by atoms with Gasteiger partial charge in [-0.3, -0.25) is 4.79 Å². The van der Waals surface area contributed by atoms with Crippen LogP contribution in [0.3, 0.4) is 0 Å². The van der Waals surface area contributed by atoms with Crippen LogP contribution in [0.1, 0.15) is 21.9 Å². The number of aromatic nitrogens is 2. The van der Waals surface area contributed by atoms with Gasteiger partial charge in [-0.25, -0.2) is 4.98 Å². The molecule has 1 aliphatic rings. The summed E-state index contributed by atoms with van der Waals surface area (Å²) >= 11 is 0.